The number of hydrogen-bond acceptors (Lipinski definition) is 3. The van der Waals surface area contributed by atoms with Crippen LogP contribution in [0.1, 0.15) is 30.4 Å². The van der Waals surface area contributed by atoms with Crippen molar-refractivity contribution in [3.63, 3.8) is 0 Å². The van der Waals surface area contributed by atoms with Crippen LogP contribution in [0.25, 0.3) is 0 Å². The van der Waals surface area contributed by atoms with Crippen LogP contribution in [-0.2, 0) is 24.4 Å². The average molecular weight is 419 g/mol. The van der Waals surface area contributed by atoms with Gasteiger partial charge in [0.25, 0.3) is 0 Å². The van der Waals surface area contributed by atoms with E-state index in [1.807, 2.05) is 6.92 Å². The smallest absolute Gasteiger partial charge is 0.367 e. The Bertz CT molecular complexity index is 774. The molecule has 0 aliphatic rings. The van der Waals surface area contributed by atoms with E-state index in [2.05, 4.69) is 25.3 Å². The minimum absolute atomic E-state index is 0.0681. The van der Waals surface area contributed by atoms with E-state index < -0.39 is 19.3 Å². The summed E-state index contributed by atoms with van der Waals surface area (Å²) in [6.07, 6.45) is -1.85. The van der Waals surface area contributed by atoms with Gasteiger partial charge in [-0.05, 0) is 18.1 Å². The van der Waals surface area contributed by atoms with Crippen molar-refractivity contribution in [3.05, 3.63) is 53.6 Å². The molecule has 29 heavy (non-hydrogen) atoms. The van der Waals surface area contributed by atoms with Gasteiger partial charge in [0.15, 0.2) is 5.96 Å². The maximum Gasteiger partial charge on any atom is 0.411 e. The lowest BCUT2D eigenvalue weighted by atomic mass is 10.1. The average Bonchev–Trinajstić information content (AvgIpc) is 3.13. The van der Waals surface area contributed by atoms with Crippen molar-refractivity contribution >= 4 is 5.96 Å². The Balaban J connectivity index is 1.89. The van der Waals surface area contributed by atoms with E-state index in [9.17, 15) is 22.0 Å². The SMILES string of the molecule is CCNC(=NCc1ccc(COCC(F)(F)F)cc1)NCc1nccn1C(F)F. The van der Waals surface area contributed by atoms with Crippen LogP contribution in [0.15, 0.2) is 41.7 Å². The third-order valence-corrected chi connectivity index (χ3v) is 3.69. The van der Waals surface area contributed by atoms with Crippen LogP contribution in [0, 0.1) is 0 Å². The Morgan fingerprint density at radius 2 is 1.86 bits per heavy atom. The molecule has 160 valence electrons. The van der Waals surface area contributed by atoms with E-state index in [1.165, 1.54) is 12.4 Å². The Morgan fingerprint density at radius 3 is 2.48 bits per heavy atom. The minimum atomic E-state index is -4.35. The largest absolute Gasteiger partial charge is 0.411 e. The molecule has 0 spiro atoms. The van der Waals surface area contributed by atoms with Gasteiger partial charge in [-0.15, -0.1) is 0 Å². The zero-order chi connectivity index (χ0) is 21.3. The van der Waals surface area contributed by atoms with Crippen LogP contribution < -0.4 is 10.6 Å². The molecule has 1 aromatic heterocycles. The topological polar surface area (TPSA) is 63.5 Å². The molecule has 0 bridgehead atoms. The lowest BCUT2D eigenvalue weighted by Gasteiger charge is -2.12. The molecule has 2 N–H and O–H groups in total. The minimum Gasteiger partial charge on any atom is -0.367 e. The van der Waals surface area contributed by atoms with Gasteiger partial charge in [-0.3, -0.25) is 4.57 Å². The first-order chi connectivity index (χ1) is 13.8. The highest BCUT2D eigenvalue weighted by Crippen LogP contribution is 2.16. The number of rotatable bonds is 9. The lowest BCUT2D eigenvalue weighted by molar-refractivity contribution is -0.176. The number of nitrogens with zero attached hydrogens (tertiary/aromatic N) is 3. The second-order valence-corrected chi connectivity index (χ2v) is 6.00. The zero-order valence-corrected chi connectivity index (χ0v) is 15.7. The molecule has 0 aliphatic carbocycles. The van der Waals surface area contributed by atoms with Gasteiger partial charge in [-0.2, -0.15) is 22.0 Å². The molecule has 1 heterocycles. The number of aromatic nitrogens is 2. The molecule has 0 atom stereocenters. The van der Waals surface area contributed by atoms with Crippen LogP contribution in [0.3, 0.4) is 0 Å². The number of guanidine groups is 1. The van der Waals surface area contributed by atoms with Crippen molar-refractivity contribution in [1.82, 2.24) is 20.2 Å². The van der Waals surface area contributed by atoms with Gasteiger partial charge >= 0.3 is 12.7 Å². The van der Waals surface area contributed by atoms with E-state index in [0.717, 1.165) is 10.1 Å². The number of halogens is 5. The molecule has 0 unspecified atom stereocenters. The van der Waals surface area contributed by atoms with Gasteiger partial charge in [-0.1, -0.05) is 24.3 Å². The number of ether oxygens (including phenoxy) is 1. The van der Waals surface area contributed by atoms with Crippen molar-refractivity contribution in [1.29, 1.82) is 0 Å². The molecule has 0 fully saturated rings. The van der Waals surface area contributed by atoms with E-state index in [1.54, 1.807) is 24.3 Å². The third-order valence-electron chi connectivity index (χ3n) is 3.69. The summed E-state index contributed by atoms with van der Waals surface area (Å²) in [5.74, 6) is 0.600. The molecule has 2 rings (SSSR count). The van der Waals surface area contributed by atoms with Gasteiger partial charge < -0.3 is 15.4 Å². The van der Waals surface area contributed by atoms with Crippen LogP contribution in [0.2, 0.25) is 0 Å². The van der Waals surface area contributed by atoms with Gasteiger partial charge in [0, 0.05) is 18.9 Å². The summed E-state index contributed by atoms with van der Waals surface area (Å²) in [6, 6.07) is 6.81. The first kappa shape index (κ1) is 22.6. The summed E-state index contributed by atoms with van der Waals surface area (Å²) >= 11 is 0. The van der Waals surface area contributed by atoms with Crippen LogP contribution in [0.5, 0.6) is 0 Å². The Hall–Kier alpha value is -2.69. The van der Waals surface area contributed by atoms with Crippen molar-refractivity contribution in [2.24, 2.45) is 4.99 Å². The number of aliphatic imine (C=N–C) groups is 1. The van der Waals surface area contributed by atoms with E-state index in [-0.39, 0.29) is 19.0 Å². The highest BCUT2D eigenvalue weighted by atomic mass is 19.4. The highest BCUT2D eigenvalue weighted by Gasteiger charge is 2.27. The van der Waals surface area contributed by atoms with E-state index >= 15 is 0 Å². The van der Waals surface area contributed by atoms with E-state index in [4.69, 9.17) is 0 Å². The molecule has 2 aromatic rings. The standard InChI is InChI=1S/C18H22F5N5O/c1-2-24-17(27-10-15-25-7-8-28(15)16(19)20)26-9-13-3-5-14(6-4-13)11-29-12-18(21,22)23/h3-8,16H,2,9-12H2,1H3,(H2,24,26,27). The summed E-state index contributed by atoms with van der Waals surface area (Å²) in [6.45, 7) is -1.30. The zero-order valence-electron chi connectivity index (χ0n) is 15.7. The number of hydrogen-bond donors (Lipinski definition) is 2. The number of benzene rings is 1. The van der Waals surface area contributed by atoms with Crippen molar-refractivity contribution < 1.29 is 26.7 Å². The molecule has 0 radical (unpaired) electrons. The fourth-order valence-electron chi connectivity index (χ4n) is 2.36. The molecule has 0 amide bonds. The van der Waals surface area contributed by atoms with Crippen LogP contribution >= 0.6 is 0 Å². The van der Waals surface area contributed by atoms with Crippen LogP contribution in [-0.4, -0.2) is 34.8 Å². The Morgan fingerprint density at radius 1 is 1.17 bits per heavy atom. The van der Waals surface area contributed by atoms with Gasteiger partial charge in [0.2, 0.25) is 0 Å². The quantitative estimate of drug-likeness (QED) is 0.370. The van der Waals surface area contributed by atoms with Crippen molar-refractivity contribution in [2.45, 2.75) is 39.3 Å². The highest BCUT2D eigenvalue weighted by molar-refractivity contribution is 5.79. The third kappa shape index (κ3) is 8.06. The lowest BCUT2D eigenvalue weighted by Crippen LogP contribution is -2.37. The molecule has 11 heteroatoms. The summed E-state index contributed by atoms with van der Waals surface area (Å²) in [4.78, 5) is 8.26. The molecule has 1 aromatic carbocycles. The molecule has 6 nitrogen and oxygen atoms in total. The number of imidazole rings is 1. The van der Waals surface area contributed by atoms with Gasteiger partial charge in [0.1, 0.15) is 12.4 Å². The summed E-state index contributed by atoms with van der Waals surface area (Å²) in [7, 11) is 0. The predicted octanol–water partition coefficient (Wildman–Crippen LogP) is 3.61. The predicted molar refractivity (Wildman–Crippen MR) is 97.3 cm³/mol. The first-order valence-electron chi connectivity index (χ1n) is 8.83. The van der Waals surface area contributed by atoms with Crippen LogP contribution in [0.4, 0.5) is 22.0 Å². The molecule has 0 aliphatic heterocycles. The fourth-order valence-corrected chi connectivity index (χ4v) is 2.36. The molecular formula is C18H22F5N5O. The number of nitrogens with one attached hydrogen (secondary N) is 2. The monoisotopic (exact) mass is 419 g/mol. The summed E-state index contributed by atoms with van der Waals surface area (Å²) < 4.78 is 67.3. The summed E-state index contributed by atoms with van der Waals surface area (Å²) in [5, 5.41) is 5.94. The fraction of sp³-hybridized carbons (Fsp3) is 0.444. The summed E-state index contributed by atoms with van der Waals surface area (Å²) in [5.41, 5.74) is 1.45. The van der Waals surface area contributed by atoms with E-state index in [0.29, 0.717) is 24.6 Å². The van der Waals surface area contributed by atoms with Crippen molar-refractivity contribution in [3.8, 4) is 0 Å². The number of alkyl halides is 5. The molecule has 0 saturated carbocycles. The second kappa shape index (κ2) is 10.7. The van der Waals surface area contributed by atoms with Gasteiger partial charge in [0.05, 0.1) is 19.7 Å². The van der Waals surface area contributed by atoms with Crippen molar-refractivity contribution in [2.75, 3.05) is 13.2 Å². The Kier molecular flexibility index (Phi) is 8.37. The Labute approximate surface area is 164 Å². The first-order valence-corrected chi connectivity index (χ1v) is 8.83. The molecular weight excluding hydrogens is 397 g/mol. The maximum atomic E-state index is 12.9. The molecule has 0 saturated heterocycles. The van der Waals surface area contributed by atoms with Gasteiger partial charge in [-0.25, -0.2) is 9.98 Å². The second-order valence-electron chi connectivity index (χ2n) is 6.00. The maximum absolute atomic E-state index is 12.9. The normalized spacial score (nSPS) is 12.4.